The van der Waals surface area contributed by atoms with E-state index >= 15 is 0 Å². The number of nitrogens with one attached hydrogen (secondary N) is 2. The van der Waals surface area contributed by atoms with Gasteiger partial charge in [0.25, 0.3) is 11.8 Å². The average Bonchev–Trinajstić information content (AvgIpc) is 3.22. The number of para-hydroxylation sites is 2. The Bertz CT molecular complexity index is 1570. The van der Waals surface area contributed by atoms with Gasteiger partial charge in [0.05, 0.1) is 39.2 Å². The number of imidazole rings is 1. The van der Waals surface area contributed by atoms with Crippen molar-refractivity contribution in [2.24, 2.45) is 5.92 Å². The van der Waals surface area contributed by atoms with Gasteiger partial charge in [-0.05, 0) is 75.8 Å². The quantitative estimate of drug-likeness (QED) is 0.359. The number of hydrogen-bond donors (Lipinski definition) is 2. The molecule has 4 aromatic rings. The van der Waals surface area contributed by atoms with Gasteiger partial charge in [-0.1, -0.05) is 23.7 Å². The number of halogens is 1. The van der Waals surface area contributed by atoms with Crippen molar-refractivity contribution in [1.82, 2.24) is 29.7 Å². The van der Waals surface area contributed by atoms with E-state index in [1.54, 1.807) is 35.9 Å². The van der Waals surface area contributed by atoms with Gasteiger partial charge in [-0.3, -0.25) is 23.7 Å². The predicted octanol–water partition coefficient (Wildman–Crippen LogP) is 4.28. The van der Waals surface area contributed by atoms with Crippen molar-refractivity contribution in [1.29, 1.82) is 0 Å². The third kappa shape index (κ3) is 5.59. The Hall–Kier alpha value is -3.98. The molecule has 0 atom stereocenters. The first kappa shape index (κ1) is 26.6. The molecule has 9 nitrogen and oxygen atoms in total. The van der Waals surface area contributed by atoms with E-state index in [1.165, 1.54) is 6.20 Å². The molecule has 1 fully saturated rings. The van der Waals surface area contributed by atoms with Crippen molar-refractivity contribution in [2.45, 2.75) is 52.1 Å². The normalized spacial score (nSPS) is 17.2. The molecular weight excluding hydrogens is 516 g/mol. The molecule has 0 spiro atoms. The van der Waals surface area contributed by atoms with E-state index in [0.29, 0.717) is 46.7 Å². The lowest BCUT2D eigenvalue weighted by Crippen LogP contribution is -2.39. The molecular formula is C29H31ClN6O3. The lowest BCUT2D eigenvalue weighted by molar-refractivity contribution is 0.0917. The van der Waals surface area contributed by atoms with Gasteiger partial charge < -0.3 is 10.6 Å². The summed E-state index contributed by atoms with van der Waals surface area (Å²) in [5.74, 6) is -0.0926. The summed E-state index contributed by atoms with van der Waals surface area (Å²) in [6.07, 6.45) is 6.56. The van der Waals surface area contributed by atoms with Crippen LogP contribution >= 0.6 is 11.6 Å². The first-order chi connectivity index (χ1) is 18.9. The number of aryl methyl sites for hydroxylation is 1. The molecule has 1 aliphatic rings. The van der Waals surface area contributed by atoms with Crippen LogP contribution < -0.4 is 16.3 Å². The molecule has 5 rings (SSSR count). The molecule has 1 aliphatic carbocycles. The number of fused-ring (bicyclic) bond motifs is 1. The average molecular weight is 547 g/mol. The Morgan fingerprint density at radius 2 is 1.74 bits per heavy atom. The van der Waals surface area contributed by atoms with Crippen LogP contribution in [-0.2, 0) is 6.54 Å². The molecule has 0 aliphatic heterocycles. The second-order valence-corrected chi connectivity index (χ2v) is 10.4. The van der Waals surface area contributed by atoms with Crippen LogP contribution in [0.15, 0.2) is 59.7 Å². The lowest BCUT2D eigenvalue weighted by Gasteiger charge is -2.29. The van der Waals surface area contributed by atoms with Crippen molar-refractivity contribution >= 4 is 34.4 Å². The van der Waals surface area contributed by atoms with Gasteiger partial charge in [0.15, 0.2) is 0 Å². The molecule has 2 amide bonds. The first-order valence-electron chi connectivity index (χ1n) is 13.2. The van der Waals surface area contributed by atoms with E-state index in [9.17, 15) is 14.4 Å². The highest BCUT2D eigenvalue weighted by Crippen LogP contribution is 2.28. The highest BCUT2D eigenvalue weighted by molar-refractivity contribution is 6.30. The summed E-state index contributed by atoms with van der Waals surface area (Å²) in [7, 11) is 0. The van der Waals surface area contributed by atoms with Gasteiger partial charge >= 0.3 is 5.69 Å². The highest BCUT2D eigenvalue weighted by atomic mass is 35.5. The Morgan fingerprint density at radius 3 is 2.44 bits per heavy atom. The van der Waals surface area contributed by atoms with Gasteiger partial charge in [0.2, 0.25) is 0 Å². The summed E-state index contributed by atoms with van der Waals surface area (Å²) in [6, 6.07) is 12.8. The van der Waals surface area contributed by atoms with Gasteiger partial charge in [-0.2, -0.15) is 0 Å². The zero-order valence-corrected chi connectivity index (χ0v) is 22.7. The second-order valence-electron chi connectivity index (χ2n) is 9.96. The van der Waals surface area contributed by atoms with Gasteiger partial charge in [0, 0.05) is 25.3 Å². The van der Waals surface area contributed by atoms with E-state index in [-0.39, 0.29) is 23.5 Å². The minimum Gasteiger partial charge on any atom is -0.351 e. The van der Waals surface area contributed by atoms with Crippen molar-refractivity contribution in [3.05, 3.63) is 87.3 Å². The monoisotopic (exact) mass is 546 g/mol. The van der Waals surface area contributed by atoms with Gasteiger partial charge in [-0.15, -0.1) is 0 Å². The number of carbonyl (C=O) groups is 2. The number of hydrogen-bond acceptors (Lipinski definition) is 5. The van der Waals surface area contributed by atoms with E-state index in [4.69, 9.17) is 11.6 Å². The number of amides is 2. The largest absolute Gasteiger partial charge is 0.351 e. The van der Waals surface area contributed by atoms with Crippen LogP contribution in [0.3, 0.4) is 0 Å². The maximum atomic E-state index is 13.7. The summed E-state index contributed by atoms with van der Waals surface area (Å²) < 4.78 is 3.48. The number of pyridine rings is 2. The molecule has 1 aromatic carbocycles. The third-order valence-corrected chi connectivity index (χ3v) is 7.54. The fraction of sp³-hybridized carbons (Fsp3) is 0.345. The maximum Gasteiger partial charge on any atom is 0.333 e. The topological polar surface area (TPSA) is 111 Å². The summed E-state index contributed by atoms with van der Waals surface area (Å²) in [5.41, 5.74) is 3.58. The van der Waals surface area contributed by atoms with Gasteiger partial charge in [0.1, 0.15) is 5.69 Å². The SMILES string of the molecule is CCNC(=O)c1ccc(-n2c(=O)n(CC3CCC(NC(=O)c4cc(Cl)cnc4C)CC3)c3ccccc32)cn1. The van der Waals surface area contributed by atoms with Crippen LogP contribution in [-0.4, -0.2) is 43.5 Å². The van der Waals surface area contributed by atoms with Crippen molar-refractivity contribution in [3.8, 4) is 5.69 Å². The standard InChI is InChI=1S/C29H31ClN6O3/c1-3-31-28(38)24-13-12-22(16-33-24)36-26-7-5-4-6-25(26)35(29(36)39)17-19-8-10-21(11-9-19)34-27(37)23-14-20(30)15-32-18(23)2/h4-7,12-16,19,21H,3,8-11,17H2,1-2H3,(H,31,38)(H,34,37). The number of rotatable bonds is 7. The van der Waals surface area contributed by atoms with Crippen molar-refractivity contribution < 1.29 is 9.59 Å². The first-order valence-corrected chi connectivity index (χ1v) is 13.6. The van der Waals surface area contributed by atoms with Crippen LogP contribution in [0.1, 0.15) is 59.1 Å². The number of nitrogens with zero attached hydrogens (tertiary/aromatic N) is 4. The van der Waals surface area contributed by atoms with E-state index < -0.39 is 0 Å². The van der Waals surface area contributed by atoms with Crippen molar-refractivity contribution in [3.63, 3.8) is 0 Å². The molecule has 0 bridgehead atoms. The van der Waals surface area contributed by atoms with Gasteiger partial charge in [-0.25, -0.2) is 9.78 Å². The molecule has 0 radical (unpaired) electrons. The molecule has 1 saturated carbocycles. The third-order valence-electron chi connectivity index (χ3n) is 7.33. The Morgan fingerprint density at radius 1 is 1.00 bits per heavy atom. The number of benzene rings is 1. The molecule has 3 aromatic heterocycles. The summed E-state index contributed by atoms with van der Waals surface area (Å²) in [4.78, 5) is 47.0. The fourth-order valence-corrected chi connectivity index (χ4v) is 5.44. The van der Waals surface area contributed by atoms with Crippen molar-refractivity contribution in [2.75, 3.05) is 6.54 Å². The maximum absolute atomic E-state index is 13.7. The zero-order valence-electron chi connectivity index (χ0n) is 22.0. The second kappa shape index (κ2) is 11.4. The fourth-order valence-electron chi connectivity index (χ4n) is 5.29. The summed E-state index contributed by atoms with van der Waals surface area (Å²) in [6.45, 7) is 4.75. The van der Waals surface area contributed by atoms with Crippen LogP contribution in [0, 0.1) is 12.8 Å². The minimum atomic E-state index is -0.245. The molecule has 39 heavy (non-hydrogen) atoms. The molecule has 202 valence electrons. The molecule has 0 unspecified atom stereocenters. The Kier molecular flexibility index (Phi) is 7.79. The predicted molar refractivity (Wildman–Crippen MR) is 151 cm³/mol. The van der Waals surface area contributed by atoms with Crippen LogP contribution in [0.5, 0.6) is 0 Å². The van der Waals surface area contributed by atoms with E-state index in [2.05, 4.69) is 20.6 Å². The Labute approximate surface area is 231 Å². The smallest absolute Gasteiger partial charge is 0.333 e. The zero-order chi connectivity index (χ0) is 27.5. The van der Waals surface area contributed by atoms with Crippen LogP contribution in [0.25, 0.3) is 16.7 Å². The molecule has 2 N–H and O–H groups in total. The van der Waals surface area contributed by atoms with Crippen LogP contribution in [0.2, 0.25) is 5.02 Å². The van der Waals surface area contributed by atoms with E-state index in [1.807, 2.05) is 35.8 Å². The summed E-state index contributed by atoms with van der Waals surface area (Å²) >= 11 is 6.03. The molecule has 10 heteroatoms. The van der Waals surface area contributed by atoms with E-state index in [0.717, 1.165) is 36.7 Å². The molecule has 3 heterocycles. The highest BCUT2D eigenvalue weighted by Gasteiger charge is 2.26. The summed E-state index contributed by atoms with van der Waals surface area (Å²) in [5, 5.41) is 6.30. The number of carbonyl (C=O) groups excluding carboxylic acids is 2. The Balaban J connectivity index is 1.30. The van der Waals surface area contributed by atoms with Crippen LogP contribution in [0.4, 0.5) is 0 Å². The molecule has 0 saturated heterocycles. The minimum absolute atomic E-state index is 0.0692. The lowest BCUT2D eigenvalue weighted by atomic mass is 9.85. The number of aromatic nitrogens is 4.